The van der Waals surface area contributed by atoms with Crippen molar-refractivity contribution in [1.29, 1.82) is 0 Å². The molecule has 5 N–H and O–H groups in total. The summed E-state index contributed by atoms with van der Waals surface area (Å²) in [5, 5.41) is 14.0. The molecule has 0 radical (unpaired) electrons. The van der Waals surface area contributed by atoms with Crippen molar-refractivity contribution in [2.75, 3.05) is 7.05 Å². The summed E-state index contributed by atoms with van der Waals surface area (Å²) in [7, 11) is 1.63. The topological polar surface area (TPSA) is 148 Å². The number of aromatic amines is 3. The fourth-order valence-corrected chi connectivity index (χ4v) is 4.02. The van der Waals surface area contributed by atoms with E-state index in [1.165, 1.54) is 0 Å². The summed E-state index contributed by atoms with van der Waals surface area (Å²) in [5.41, 5.74) is 1.42. The zero-order chi connectivity index (χ0) is 24.6. The summed E-state index contributed by atoms with van der Waals surface area (Å²) < 4.78 is 0. The number of imidazole rings is 1. The maximum atomic E-state index is 12.7. The summed E-state index contributed by atoms with van der Waals surface area (Å²) in [6, 6.07) is 14.0. The number of unbranched alkanes of at least 4 members (excludes halogenated alkanes) is 2. The van der Waals surface area contributed by atoms with Crippen molar-refractivity contribution in [2.24, 2.45) is 0 Å². The lowest BCUT2D eigenvalue weighted by Gasteiger charge is -2.16. The lowest BCUT2D eigenvalue weighted by molar-refractivity contribution is -0.121. The second-order valence-corrected chi connectivity index (χ2v) is 8.44. The van der Waals surface area contributed by atoms with Crippen molar-refractivity contribution in [3.05, 3.63) is 70.8 Å². The van der Waals surface area contributed by atoms with Gasteiger partial charge in [0.25, 0.3) is 0 Å². The maximum Gasteiger partial charge on any atom is 0.340 e. The minimum Gasteiger partial charge on any atom is -0.359 e. The first kappa shape index (κ1) is 23.9. The highest BCUT2D eigenvalue weighted by Gasteiger charge is 2.19. The van der Waals surface area contributed by atoms with Crippen molar-refractivity contribution in [2.45, 2.75) is 44.6 Å². The number of rotatable bonds is 11. The predicted octanol–water partition coefficient (Wildman–Crippen LogP) is 2.74. The number of H-pyrrole nitrogens is 3. The summed E-state index contributed by atoms with van der Waals surface area (Å²) in [6.07, 6.45) is 5.29. The van der Waals surface area contributed by atoms with Crippen molar-refractivity contribution < 1.29 is 9.59 Å². The van der Waals surface area contributed by atoms with Gasteiger partial charge in [0.2, 0.25) is 11.8 Å². The highest BCUT2D eigenvalue weighted by Crippen LogP contribution is 2.25. The molecule has 0 saturated carbocycles. The maximum absolute atomic E-state index is 12.7. The van der Waals surface area contributed by atoms with Gasteiger partial charge in [0, 0.05) is 19.0 Å². The first-order valence-electron chi connectivity index (χ1n) is 11.7. The molecule has 2 heterocycles. The molecule has 2 aromatic heterocycles. The molecular weight excluding hydrogens is 446 g/mol. The zero-order valence-electron chi connectivity index (χ0n) is 19.6. The Kier molecular flexibility index (Phi) is 7.71. The van der Waals surface area contributed by atoms with Crippen LogP contribution in [0.25, 0.3) is 22.0 Å². The van der Waals surface area contributed by atoms with Crippen LogP contribution in [0.4, 0.5) is 0 Å². The molecule has 2 amide bonds. The van der Waals surface area contributed by atoms with Gasteiger partial charge in [-0.3, -0.25) is 14.6 Å². The van der Waals surface area contributed by atoms with Crippen LogP contribution in [0.2, 0.25) is 0 Å². The van der Waals surface area contributed by atoms with E-state index >= 15 is 0 Å². The normalized spacial score (nSPS) is 11.9. The van der Waals surface area contributed by atoms with E-state index in [0.29, 0.717) is 18.7 Å². The van der Waals surface area contributed by atoms with Crippen LogP contribution in [0, 0.1) is 0 Å². The molecule has 10 heteroatoms. The first-order chi connectivity index (χ1) is 17.0. The fraction of sp³-hybridized carbons (Fsp3) is 0.320. The van der Waals surface area contributed by atoms with Gasteiger partial charge in [-0.25, -0.2) is 14.9 Å². The number of nitrogens with one attached hydrogen (secondary N) is 5. The fourth-order valence-electron chi connectivity index (χ4n) is 4.02. The van der Waals surface area contributed by atoms with E-state index in [0.717, 1.165) is 41.3 Å². The molecule has 0 aliphatic rings. The first-order valence-corrected chi connectivity index (χ1v) is 11.7. The molecule has 0 bridgehead atoms. The van der Waals surface area contributed by atoms with Gasteiger partial charge in [0.15, 0.2) is 0 Å². The molecule has 1 atom stereocenters. The van der Waals surface area contributed by atoms with Crippen molar-refractivity contribution in [1.82, 2.24) is 35.8 Å². The number of carbonyl (C=O) groups is 2. The van der Waals surface area contributed by atoms with E-state index in [1.54, 1.807) is 13.2 Å². The number of nitrogens with zero attached hydrogens (tertiary/aromatic N) is 2. The molecular formula is C25H29N7O3. The Morgan fingerprint density at radius 2 is 1.83 bits per heavy atom. The third-order valence-corrected chi connectivity index (χ3v) is 5.87. The minimum atomic E-state index is -0.452. The van der Waals surface area contributed by atoms with Gasteiger partial charge < -0.3 is 15.6 Å². The molecule has 10 nitrogen and oxygen atoms in total. The van der Waals surface area contributed by atoms with Crippen LogP contribution < -0.4 is 16.3 Å². The average Bonchev–Trinajstić information content (AvgIpc) is 3.52. The quantitative estimate of drug-likeness (QED) is 0.212. The lowest BCUT2D eigenvalue weighted by atomic mass is 10.1. The van der Waals surface area contributed by atoms with E-state index in [2.05, 4.69) is 60.0 Å². The number of benzene rings is 2. The van der Waals surface area contributed by atoms with Gasteiger partial charge in [0.05, 0.1) is 24.4 Å². The number of hydrogen-bond acceptors (Lipinski definition) is 5. The number of aromatic nitrogens is 5. The number of fused-ring (bicyclic) bond motifs is 1. The number of amides is 2. The molecule has 0 fully saturated rings. The molecule has 0 aliphatic carbocycles. The van der Waals surface area contributed by atoms with Gasteiger partial charge in [-0.05, 0) is 29.7 Å². The molecule has 0 spiro atoms. The molecule has 4 aromatic rings. The summed E-state index contributed by atoms with van der Waals surface area (Å²) >= 11 is 0. The zero-order valence-corrected chi connectivity index (χ0v) is 19.6. The van der Waals surface area contributed by atoms with Crippen molar-refractivity contribution >= 4 is 22.6 Å². The standard InChI is InChI=1S/C25H29N7O3/c1-26-22(33)10-4-2-3-9-19(28-23(34)14-21-30-25(35)32-31-21)24-27-15-20(29-24)18-12-11-16-7-5-6-8-17(16)13-18/h5-8,11-13,15,19H,2-4,9-10,14H2,1H3,(H,26,33)(H,27,29)(H,28,34)(H2,30,31,32,35). The molecule has 4 rings (SSSR count). The van der Waals surface area contributed by atoms with Crippen molar-refractivity contribution in [3.8, 4) is 11.3 Å². The van der Waals surface area contributed by atoms with E-state index in [1.807, 2.05) is 18.2 Å². The Hall–Kier alpha value is -4.21. The van der Waals surface area contributed by atoms with Crippen LogP contribution in [0.3, 0.4) is 0 Å². The van der Waals surface area contributed by atoms with E-state index in [-0.39, 0.29) is 30.1 Å². The Bertz CT molecular complexity index is 1350. The Morgan fingerprint density at radius 1 is 1.00 bits per heavy atom. The second kappa shape index (κ2) is 11.3. The Labute approximate surface area is 202 Å². The van der Waals surface area contributed by atoms with Crippen LogP contribution >= 0.6 is 0 Å². The van der Waals surface area contributed by atoms with Crippen LogP contribution in [-0.2, 0) is 16.0 Å². The van der Waals surface area contributed by atoms with E-state index < -0.39 is 5.69 Å². The number of hydrogen-bond donors (Lipinski definition) is 5. The molecule has 0 aliphatic heterocycles. The van der Waals surface area contributed by atoms with E-state index in [4.69, 9.17) is 0 Å². The van der Waals surface area contributed by atoms with Crippen LogP contribution in [-0.4, -0.2) is 44.0 Å². The number of carbonyl (C=O) groups excluding carboxylic acids is 2. The van der Waals surface area contributed by atoms with E-state index in [9.17, 15) is 14.4 Å². The average molecular weight is 476 g/mol. The van der Waals surface area contributed by atoms with Gasteiger partial charge in [-0.1, -0.05) is 49.2 Å². The second-order valence-electron chi connectivity index (χ2n) is 8.44. The molecule has 182 valence electrons. The van der Waals surface area contributed by atoms with Gasteiger partial charge in [-0.2, -0.15) is 5.10 Å². The van der Waals surface area contributed by atoms with Crippen LogP contribution in [0.15, 0.2) is 53.5 Å². The molecule has 35 heavy (non-hydrogen) atoms. The summed E-state index contributed by atoms with van der Waals surface area (Å²) in [6.45, 7) is 0. The van der Waals surface area contributed by atoms with Gasteiger partial charge >= 0.3 is 5.69 Å². The largest absolute Gasteiger partial charge is 0.359 e. The van der Waals surface area contributed by atoms with Crippen molar-refractivity contribution in [3.63, 3.8) is 0 Å². The van der Waals surface area contributed by atoms with Crippen LogP contribution in [0.5, 0.6) is 0 Å². The SMILES string of the molecule is CNC(=O)CCCCCC(NC(=O)Cc1n[nH]c(=O)[nH]1)c1ncc(-c2ccc3ccccc3c2)[nH]1. The highest BCUT2D eigenvalue weighted by molar-refractivity contribution is 5.86. The summed E-state index contributed by atoms with van der Waals surface area (Å²) in [5.74, 6) is 0.678. The minimum absolute atomic E-state index is 0.0221. The lowest BCUT2D eigenvalue weighted by Crippen LogP contribution is -2.31. The molecule has 0 saturated heterocycles. The van der Waals surface area contributed by atoms with Gasteiger partial charge in [0.1, 0.15) is 11.6 Å². The molecule has 2 aromatic carbocycles. The Morgan fingerprint density at radius 3 is 2.60 bits per heavy atom. The smallest absolute Gasteiger partial charge is 0.340 e. The third kappa shape index (κ3) is 6.44. The Balaban J connectivity index is 1.46. The predicted molar refractivity (Wildman–Crippen MR) is 132 cm³/mol. The van der Waals surface area contributed by atoms with Crippen LogP contribution in [0.1, 0.15) is 49.8 Å². The monoisotopic (exact) mass is 475 g/mol. The third-order valence-electron chi connectivity index (χ3n) is 5.87. The highest BCUT2D eigenvalue weighted by atomic mass is 16.2. The van der Waals surface area contributed by atoms with Gasteiger partial charge in [-0.15, -0.1) is 0 Å². The molecule has 1 unspecified atom stereocenters. The summed E-state index contributed by atoms with van der Waals surface area (Å²) in [4.78, 5) is 45.8.